The van der Waals surface area contributed by atoms with Crippen LogP contribution in [0.4, 0.5) is 0 Å². The Bertz CT molecular complexity index is 833. The molecule has 0 bridgehead atoms. The van der Waals surface area contributed by atoms with Crippen LogP contribution in [-0.4, -0.2) is 62.7 Å². The number of fused-ring (bicyclic) bond motifs is 1. The summed E-state index contributed by atoms with van der Waals surface area (Å²) in [5.41, 5.74) is 1.37. The van der Waals surface area contributed by atoms with E-state index < -0.39 is 0 Å². The van der Waals surface area contributed by atoms with Crippen LogP contribution in [0, 0.1) is 13.8 Å². The molecule has 6 heteroatoms. The Labute approximate surface area is 173 Å². The summed E-state index contributed by atoms with van der Waals surface area (Å²) in [6, 6.07) is 11.5. The van der Waals surface area contributed by atoms with Crippen LogP contribution in [0.2, 0.25) is 0 Å². The van der Waals surface area contributed by atoms with Crippen molar-refractivity contribution in [2.45, 2.75) is 70.5 Å². The van der Waals surface area contributed by atoms with Gasteiger partial charge in [0, 0.05) is 24.9 Å². The smallest absolute Gasteiger partial charge is 0.224 e. The molecule has 2 aliphatic rings. The Morgan fingerprint density at radius 1 is 1.10 bits per heavy atom. The van der Waals surface area contributed by atoms with Gasteiger partial charge in [-0.25, -0.2) is 9.67 Å². The molecule has 6 nitrogen and oxygen atoms in total. The van der Waals surface area contributed by atoms with Crippen molar-refractivity contribution < 1.29 is 4.79 Å². The average molecular weight is 396 g/mol. The molecule has 2 aromatic rings. The van der Waals surface area contributed by atoms with E-state index in [4.69, 9.17) is 0 Å². The molecule has 0 N–H and O–H groups in total. The van der Waals surface area contributed by atoms with E-state index in [0.717, 1.165) is 37.6 Å². The maximum absolute atomic E-state index is 13.4. The number of piperidine rings is 1. The molecule has 2 saturated heterocycles. The maximum atomic E-state index is 13.4. The van der Waals surface area contributed by atoms with Gasteiger partial charge in [0.25, 0.3) is 0 Å². The van der Waals surface area contributed by atoms with Crippen molar-refractivity contribution in [2.24, 2.45) is 0 Å². The SMILES string of the molecule is Cc1nc(C)n(CCC(=O)N2CCCC[C@@H]3[C@H]2[C@@H](c2ccccc2)CCN3C)n1. The minimum absolute atomic E-state index is 0.254. The topological polar surface area (TPSA) is 54.3 Å². The zero-order chi connectivity index (χ0) is 20.4. The van der Waals surface area contributed by atoms with Gasteiger partial charge in [0.1, 0.15) is 11.6 Å². The van der Waals surface area contributed by atoms with Crippen LogP contribution in [0.1, 0.15) is 55.2 Å². The first kappa shape index (κ1) is 20.1. The predicted octanol–water partition coefficient (Wildman–Crippen LogP) is 3.15. The lowest BCUT2D eigenvalue weighted by atomic mass is 9.79. The Hall–Kier alpha value is -2.21. The second-order valence-corrected chi connectivity index (χ2v) is 8.61. The summed E-state index contributed by atoms with van der Waals surface area (Å²) in [5.74, 6) is 2.31. The molecular formula is C23H33N5O. The lowest BCUT2D eigenvalue weighted by Gasteiger charge is -2.48. The highest BCUT2D eigenvalue weighted by Gasteiger charge is 2.43. The molecule has 0 aliphatic carbocycles. The molecule has 156 valence electrons. The Kier molecular flexibility index (Phi) is 5.99. The summed E-state index contributed by atoms with van der Waals surface area (Å²) in [7, 11) is 2.23. The van der Waals surface area contributed by atoms with Gasteiger partial charge in [-0.1, -0.05) is 36.8 Å². The van der Waals surface area contributed by atoms with E-state index in [0.29, 0.717) is 24.9 Å². The lowest BCUT2D eigenvalue weighted by Crippen LogP contribution is -2.58. The highest BCUT2D eigenvalue weighted by molar-refractivity contribution is 5.76. The van der Waals surface area contributed by atoms with Gasteiger partial charge in [0.05, 0.1) is 12.6 Å². The average Bonchev–Trinajstić information content (AvgIpc) is 2.91. The number of carbonyl (C=O) groups excluding carboxylic acids is 1. The third-order valence-corrected chi connectivity index (χ3v) is 6.72. The Morgan fingerprint density at radius 2 is 1.90 bits per heavy atom. The van der Waals surface area contributed by atoms with Crippen LogP contribution < -0.4 is 0 Å². The van der Waals surface area contributed by atoms with E-state index in [1.165, 1.54) is 18.4 Å². The third-order valence-electron chi connectivity index (χ3n) is 6.72. The van der Waals surface area contributed by atoms with E-state index in [1.807, 2.05) is 18.5 Å². The quantitative estimate of drug-likeness (QED) is 0.798. The van der Waals surface area contributed by atoms with E-state index in [2.05, 4.69) is 57.3 Å². The summed E-state index contributed by atoms with van der Waals surface area (Å²) < 4.78 is 1.87. The zero-order valence-corrected chi connectivity index (χ0v) is 17.9. The number of carbonyl (C=O) groups is 1. The van der Waals surface area contributed by atoms with E-state index in [1.54, 1.807) is 0 Å². The van der Waals surface area contributed by atoms with Gasteiger partial charge < -0.3 is 9.80 Å². The number of hydrogen-bond donors (Lipinski definition) is 0. The van der Waals surface area contributed by atoms with Crippen LogP contribution in [-0.2, 0) is 11.3 Å². The summed E-state index contributed by atoms with van der Waals surface area (Å²) in [6.45, 7) is 6.42. The lowest BCUT2D eigenvalue weighted by molar-refractivity contribution is -0.136. The molecule has 0 radical (unpaired) electrons. The zero-order valence-electron chi connectivity index (χ0n) is 17.9. The molecule has 1 amide bonds. The normalized spacial score (nSPS) is 25.5. The first-order valence-electron chi connectivity index (χ1n) is 11.0. The second-order valence-electron chi connectivity index (χ2n) is 8.61. The molecule has 3 atom stereocenters. The number of likely N-dealkylation sites (N-methyl/N-ethyl adjacent to an activating group) is 1. The van der Waals surface area contributed by atoms with Gasteiger partial charge in [0.15, 0.2) is 0 Å². The van der Waals surface area contributed by atoms with Crippen LogP contribution in [0.15, 0.2) is 30.3 Å². The Morgan fingerprint density at radius 3 is 2.62 bits per heavy atom. The first-order valence-corrected chi connectivity index (χ1v) is 11.0. The molecular weight excluding hydrogens is 362 g/mol. The summed E-state index contributed by atoms with van der Waals surface area (Å²) in [4.78, 5) is 22.5. The van der Waals surface area contributed by atoms with Crippen molar-refractivity contribution >= 4 is 5.91 Å². The van der Waals surface area contributed by atoms with Crippen molar-refractivity contribution in [3.63, 3.8) is 0 Å². The number of amides is 1. The van der Waals surface area contributed by atoms with Crippen molar-refractivity contribution in [1.29, 1.82) is 0 Å². The monoisotopic (exact) mass is 395 g/mol. The number of benzene rings is 1. The van der Waals surface area contributed by atoms with Gasteiger partial charge in [-0.2, -0.15) is 5.10 Å². The highest BCUT2D eigenvalue weighted by Crippen LogP contribution is 2.38. The van der Waals surface area contributed by atoms with Gasteiger partial charge in [0.2, 0.25) is 5.91 Å². The van der Waals surface area contributed by atoms with E-state index in [-0.39, 0.29) is 11.9 Å². The standard InChI is InChI=1S/C23H33N5O/c1-17-24-18(2)28(25-17)16-13-22(29)27-14-8-7-11-21-23(27)20(12-15-26(21)3)19-9-5-4-6-10-19/h4-6,9-10,20-21,23H,7-8,11-16H2,1-3H3/t20-,21-,23-/m1/s1. The molecule has 3 heterocycles. The molecule has 0 unspecified atom stereocenters. The van der Waals surface area contributed by atoms with Crippen LogP contribution >= 0.6 is 0 Å². The fourth-order valence-electron chi connectivity index (χ4n) is 5.28. The fourth-order valence-corrected chi connectivity index (χ4v) is 5.28. The minimum atomic E-state index is 0.254. The molecule has 0 spiro atoms. The van der Waals surface area contributed by atoms with Crippen molar-refractivity contribution in [3.05, 3.63) is 47.5 Å². The Balaban J connectivity index is 1.57. The van der Waals surface area contributed by atoms with Gasteiger partial charge in [-0.15, -0.1) is 0 Å². The van der Waals surface area contributed by atoms with Gasteiger partial charge >= 0.3 is 0 Å². The highest BCUT2D eigenvalue weighted by atomic mass is 16.2. The van der Waals surface area contributed by atoms with Crippen LogP contribution in [0.5, 0.6) is 0 Å². The summed E-state index contributed by atoms with van der Waals surface area (Å²) in [6.07, 6.45) is 5.05. The van der Waals surface area contributed by atoms with E-state index >= 15 is 0 Å². The number of hydrogen-bond acceptors (Lipinski definition) is 4. The molecule has 29 heavy (non-hydrogen) atoms. The predicted molar refractivity (Wildman–Crippen MR) is 114 cm³/mol. The summed E-state index contributed by atoms with van der Waals surface area (Å²) >= 11 is 0. The van der Waals surface area contributed by atoms with Crippen molar-refractivity contribution in [2.75, 3.05) is 20.1 Å². The first-order chi connectivity index (χ1) is 14.0. The number of rotatable bonds is 4. The number of aromatic nitrogens is 3. The molecule has 2 aliphatic heterocycles. The molecule has 1 aromatic carbocycles. The number of nitrogens with zero attached hydrogens (tertiary/aromatic N) is 5. The maximum Gasteiger partial charge on any atom is 0.224 e. The van der Waals surface area contributed by atoms with Crippen LogP contribution in [0.3, 0.4) is 0 Å². The largest absolute Gasteiger partial charge is 0.337 e. The number of aryl methyl sites for hydroxylation is 3. The fraction of sp³-hybridized carbons (Fsp3) is 0.609. The van der Waals surface area contributed by atoms with Crippen LogP contribution in [0.25, 0.3) is 0 Å². The van der Waals surface area contributed by atoms with Gasteiger partial charge in [-0.3, -0.25) is 4.79 Å². The van der Waals surface area contributed by atoms with Crippen molar-refractivity contribution in [3.8, 4) is 0 Å². The minimum Gasteiger partial charge on any atom is -0.337 e. The van der Waals surface area contributed by atoms with Gasteiger partial charge in [-0.05, 0) is 52.3 Å². The van der Waals surface area contributed by atoms with E-state index in [9.17, 15) is 4.79 Å². The molecule has 1 aromatic heterocycles. The van der Waals surface area contributed by atoms with Crippen molar-refractivity contribution in [1.82, 2.24) is 24.6 Å². The summed E-state index contributed by atoms with van der Waals surface area (Å²) in [5, 5.41) is 4.43. The molecule has 2 fully saturated rings. The molecule has 4 rings (SSSR count). The third kappa shape index (κ3) is 4.22. The second kappa shape index (κ2) is 8.66. The number of likely N-dealkylation sites (tertiary alicyclic amines) is 2. The molecule has 0 saturated carbocycles.